The first-order chi connectivity index (χ1) is 12.6. The van der Waals surface area contributed by atoms with Gasteiger partial charge < -0.3 is 14.8 Å². The lowest BCUT2D eigenvalue weighted by molar-refractivity contribution is 0.102. The van der Waals surface area contributed by atoms with Crippen LogP contribution < -0.4 is 14.8 Å². The van der Waals surface area contributed by atoms with E-state index in [0.29, 0.717) is 11.3 Å². The van der Waals surface area contributed by atoms with Gasteiger partial charge in [-0.15, -0.1) is 0 Å². The third-order valence-corrected chi connectivity index (χ3v) is 4.44. The fourth-order valence-corrected chi connectivity index (χ4v) is 2.83. The number of carbonyl (C=O) groups is 1. The highest BCUT2D eigenvalue weighted by Crippen LogP contribution is 2.24. The van der Waals surface area contributed by atoms with Crippen molar-refractivity contribution in [1.29, 1.82) is 0 Å². The molecule has 0 spiro atoms. The zero-order valence-corrected chi connectivity index (χ0v) is 14.8. The molecule has 132 valence electrons. The second-order valence-electron chi connectivity index (χ2n) is 5.42. The quantitative estimate of drug-likeness (QED) is 0.587. The van der Waals surface area contributed by atoms with Gasteiger partial charge >= 0.3 is 0 Å². The summed E-state index contributed by atoms with van der Waals surface area (Å²) in [6.45, 7) is 0. The van der Waals surface area contributed by atoms with E-state index in [9.17, 15) is 9.18 Å². The van der Waals surface area contributed by atoms with Crippen molar-refractivity contribution in [2.24, 2.45) is 0 Å². The molecule has 3 aromatic rings. The number of amides is 1. The second-order valence-corrected chi connectivity index (χ2v) is 6.30. The van der Waals surface area contributed by atoms with Crippen LogP contribution in [0.25, 0.3) is 0 Å². The van der Waals surface area contributed by atoms with E-state index < -0.39 is 0 Å². The Morgan fingerprint density at radius 2 is 1.50 bits per heavy atom. The molecule has 2 N–H and O–H groups in total. The number of ether oxygens (including phenoxy) is 1. The Hall–Kier alpha value is -2.99. The smallest absolute Gasteiger partial charge is 0.255 e. The predicted octanol–water partition coefficient (Wildman–Crippen LogP) is 5.21. The molecule has 0 saturated heterocycles. The summed E-state index contributed by atoms with van der Waals surface area (Å²) in [5, 5.41) is 2.79. The fourth-order valence-electron chi connectivity index (χ4n) is 2.19. The summed E-state index contributed by atoms with van der Waals surface area (Å²) in [7, 11) is 1.63. The van der Waals surface area contributed by atoms with Crippen molar-refractivity contribution in [2.75, 3.05) is 17.1 Å². The number of hydrogen-bond acceptors (Lipinski definition) is 4. The van der Waals surface area contributed by atoms with Gasteiger partial charge in [0.25, 0.3) is 5.91 Å². The van der Waals surface area contributed by atoms with Crippen molar-refractivity contribution < 1.29 is 13.9 Å². The largest absolute Gasteiger partial charge is 0.497 e. The molecule has 0 fully saturated rings. The van der Waals surface area contributed by atoms with E-state index in [0.717, 1.165) is 16.3 Å². The standard InChI is InChI=1S/C20H17FN2O2S/c1-25-18-10-6-17(7-11-18)23-26-19-12-8-16(9-13-19)22-20(24)14-2-4-15(21)5-3-14/h2-13,23H,1H3,(H,22,24). The first kappa shape index (κ1) is 17.8. The molecule has 1 amide bonds. The average Bonchev–Trinajstić information content (AvgIpc) is 2.68. The predicted molar refractivity (Wildman–Crippen MR) is 103 cm³/mol. The van der Waals surface area contributed by atoms with Gasteiger partial charge in [-0.05, 0) is 84.7 Å². The molecule has 0 aliphatic carbocycles. The SMILES string of the molecule is COc1ccc(NSc2ccc(NC(=O)c3ccc(F)cc3)cc2)cc1. The third kappa shape index (κ3) is 4.77. The molecule has 0 bridgehead atoms. The Morgan fingerprint density at radius 1 is 0.885 bits per heavy atom. The number of hydrogen-bond donors (Lipinski definition) is 2. The molecule has 0 aliphatic heterocycles. The van der Waals surface area contributed by atoms with E-state index in [2.05, 4.69) is 10.0 Å². The van der Waals surface area contributed by atoms with E-state index >= 15 is 0 Å². The lowest BCUT2D eigenvalue weighted by atomic mass is 10.2. The monoisotopic (exact) mass is 368 g/mol. The number of benzene rings is 3. The molecule has 4 nitrogen and oxygen atoms in total. The highest BCUT2D eigenvalue weighted by molar-refractivity contribution is 8.00. The molecule has 0 aliphatic rings. The number of rotatable bonds is 6. The van der Waals surface area contributed by atoms with Crippen molar-refractivity contribution >= 4 is 29.2 Å². The molecule has 0 radical (unpaired) electrons. The molecule has 6 heteroatoms. The van der Waals surface area contributed by atoms with Gasteiger partial charge in [-0.2, -0.15) is 0 Å². The van der Waals surface area contributed by atoms with E-state index in [1.165, 1.54) is 36.2 Å². The van der Waals surface area contributed by atoms with Crippen LogP contribution >= 0.6 is 11.9 Å². The van der Waals surface area contributed by atoms with Crippen molar-refractivity contribution in [2.45, 2.75) is 4.90 Å². The summed E-state index contributed by atoms with van der Waals surface area (Å²) in [4.78, 5) is 13.1. The molecule has 26 heavy (non-hydrogen) atoms. The van der Waals surface area contributed by atoms with Crippen molar-refractivity contribution in [3.63, 3.8) is 0 Å². The Kier molecular flexibility index (Phi) is 5.76. The molecule has 3 rings (SSSR count). The van der Waals surface area contributed by atoms with E-state index in [1.807, 2.05) is 48.5 Å². The van der Waals surface area contributed by atoms with Crippen LogP contribution in [0, 0.1) is 5.82 Å². The van der Waals surface area contributed by atoms with Crippen LogP contribution in [0.5, 0.6) is 5.75 Å². The van der Waals surface area contributed by atoms with Gasteiger partial charge in [-0.3, -0.25) is 4.79 Å². The second kappa shape index (κ2) is 8.40. The van der Waals surface area contributed by atoms with Gasteiger partial charge in [-0.1, -0.05) is 0 Å². The van der Waals surface area contributed by atoms with Gasteiger partial charge in [0.15, 0.2) is 0 Å². The molecule has 0 atom stereocenters. The number of anilines is 2. The minimum atomic E-state index is -0.368. The maximum absolute atomic E-state index is 12.9. The number of carbonyl (C=O) groups excluding carboxylic acids is 1. The summed E-state index contributed by atoms with van der Waals surface area (Å²) in [6, 6.07) is 20.5. The lowest BCUT2D eigenvalue weighted by Gasteiger charge is -2.08. The van der Waals surface area contributed by atoms with Gasteiger partial charge in [-0.25, -0.2) is 4.39 Å². The van der Waals surface area contributed by atoms with E-state index in [-0.39, 0.29) is 11.7 Å². The Balaban J connectivity index is 1.55. The molecule has 0 unspecified atom stereocenters. The van der Waals surface area contributed by atoms with Crippen LogP contribution in [0.2, 0.25) is 0 Å². The van der Waals surface area contributed by atoms with Crippen LogP contribution in [0.3, 0.4) is 0 Å². The van der Waals surface area contributed by atoms with Gasteiger partial charge in [0, 0.05) is 21.8 Å². The number of halogens is 1. The number of methoxy groups -OCH3 is 1. The third-order valence-electron chi connectivity index (χ3n) is 3.60. The van der Waals surface area contributed by atoms with Gasteiger partial charge in [0.1, 0.15) is 11.6 Å². The molecular formula is C20H17FN2O2S. The zero-order chi connectivity index (χ0) is 18.4. The zero-order valence-electron chi connectivity index (χ0n) is 14.0. The molecule has 0 heterocycles. The lowest BCUT2D eigenvalue weighted by Crippen LogP contribution is -2.11. The maximum atomic E-state index is 12.9. The van der Waals surface area contributed by atoms with Crippen LogP contribution in [-0.2, 0) is 0 Å². The minimum Gasteiger partial charge on any atom is -0.497 e. The van der Waals surface area contributed by atoms with Gasteiger partial charge in [0.2, 0.25) is 0 Å². The number of nitrogens with one attached hydrogen (secondary N) is 2. The van der Waals surface area contributed by atoms with E-state index in [4.69, 9.17) is 4.74 Å². The van der Waals surface area contributed by atoms with Crippen LogP contribution in [0.15, 0.2) is 77.7 Å². The summed E-state index contributed by atoms with van der Waals surface area (Å²) in [5.74, 6) is 0.163. The highest BCUT2D eigenvalue weighted by Gasteiger charge is 2.06. The first-order valence-electron chi connectivity index (χ1n) is 7.88. The maximum Gasteiger partial charge on any atom is 0.255 e. The highest BCUT2D eigenvalue weighted by atomic mass is 32.2. The molecule has 3 aromatic carbocycles. The van der Waals surface area contributed by atoms with Crippen LogP contribution in [0.4, 0.5) is 15.8 Å². The van der Waals surface area contributed by atoms with Crippen LogP contribution in [0.1, 0.15) is 10.4 Å². The summed E-state index contributed by atoms with van der Waals surface area (Å²) < 4.78 is 21.3. The summed E-state index contributed by atoms with van der Waals surface area (Å²) in [6.07, 6.45) is 0. The van der Waals surface area contributed by atoms with Crippen molar-refractivity contribution in [1.82, 2.24) is 0 Å². The minimum absolute atomic E-state index is 0.276. The Labute approximate surface area is 155 Å². The molecule has 0 saturated carbocycles. The van der Waals surface area contributed by atoms with Gasteiger partial charge in [0.05, 0.1) is 7.11 Å². The topological polar surface area (TPSA) is 50.4 Å². The Bertz CT molecular complexity index is 866. The van der Waals surface area contributed by atoms with Crippen molar-refractivity contribution in [3.8, 4) is 5.75 Å². The molecule has 0 aromatic heterocycles. The summed E-state index contributed by atoms with van der Waals surface area (Å²) in [5.41, 5.74) is 2.05. The normalized spacial score (nSPS) is 10.2. The molecular weight excluding hydrogens is 351 g/mol. The van der Waals surface area contributed by atoms with E-state index in [1.54, 1.807) is 7.11 Å². The Morgan fingerprint density at radius 3 is 2.12 bits per heavy atom. The fraction of sp³-hybridized carbons (Fsp3) is 0.0500. The summed E-state index contributed by atoms with van der Waals surface area (Å²) >= 11 is 1.47. The van der Waals surface area contributed by atoms with Crippen LogP contribution in [-0.4, -0.2) is 13.0 Å². The van der Waals surface area contributed by atoms with Crippen molar-refractivity contribution in [3.05, 3.63) is 84.2 Å². The average molecular weight is 368 g/mol. The first-order valence-corrected chi connectivity index (χ1v) is 8.69.